The number of rotatable bonds is 15. The summed E-state index contributed by atoms with van der Waals surface area (Å²) in [5, 5.41) is 13.5. The fourth-order valence-electron chi connectivity index (χ4n) is 3.71. The zero-order chi connectivity index (χ0) is 23.3. The van der Waals surface area contributed by atoms with Gasteiger partial charge >= 0.3 is 0 Å². The lowest BCUT2D eigenvalue weighted by Gasteiger charge is -2.05. The van der Waals surface area contributed by atoms with E-state index in [9.17, 15) is 14.9 Å². The van der Waals surface area contributed by atoms with Crippen LogP contribution in [-0.4, -0.2) is 26.6 Å². The number of para-hydroxylation sites is 2. The number of nitro benzene ring substituents is 1. The van der Waals surface area contributed by atoms with Crippen LogP contribution >= 0.6 is 11.8 Å². The highest BCUT2D eigenvalue weighted by molar-refractivity contribution is 7.98. The maximum atomic E-state index is 12.0. The molecule has 0 aliphatic carbocycles. The van der Waals surface area contributed by atoms with Gasteiger partial charge in [0.15, 0.2) is 0 Å². The normalized spacial score (nSPS) is 11.0. The minimum absolute atomic E-state index is 0.0161. The van der Waals surface area contributed by atoms with Crippen LogP contribution in [0.4, 0.5) is 11.4 Å². The van der Waals surface area contributed by atoms with Crippen LogP contribution in [0.15, 0.2) is 48.5 Å². The molecule has 7 nitrogen and oxygen atoms in total. The highest BCUT2D eigenvalue weighted by atomic mass is 32.2. The summed E-state index contributed by atoms with van der Waals surface area (Å²) in [6.07, 6.45) is 9.69. The number of carbonyl (C=O) groups is 1. The Hall–Kier alpha value is -2.87. The number of hydrogen-bond donors (Lipinski definition) is 2. The number of unbranched alkanes of at least 4 members (excludes halogenated alkanes) is 7. The van der Waals surface area contributed by atoms with Crippen molar-refractivity contribution in [2.75, 3.05) is 11.1 Å². The Labute approximate surface area is 198 Å². The van der Waals surface area contributed by atoms with Gasteiger partial charge in [0.2, 0.25) is 5.91 Å². The molecule has 0 saturated carbocycles. The third-order valence-corrected chi connectivity index (χ3v) is 6.52. The Morgan fingerprint density at radius 3 is 2.45 bits per heavy atom. The Bertz CT molecular complexity index is 1000. The SMILES string of the molecule is O=C(CCCCCCCCCCSCc1nc2ccccc2[nH]1)Nc1cccc([N+](=O)[O-])c1. The molecule has 1 amide bonds. The molecule has 3 rings (SSSR count). The van der Waals surface area contributed by atoms with Crippen molar-refractivity contribution in [3.8, 4) is 0 Å². The zero-order valence-corrected chi connectivity index (χ0v) is 19.7. The number of imidazole rings is 1. The van der Waals surface area contributed by atoms with Crippen molar-refractivity contribution in [1.29, 1.82) is 0 Å². The van der Waals surface area contributed by atoms with Crippen LogP contribution in [0, 0.1) is 10.1 Å². The van der Waals surface area contributed by atoms with Gasteiger partial charge in [0.25, 0.3) is 5.69 Å². The highest BCUT2D eigenvalue weighted by Crippen LogP contribution is 2.19. The largest absolute Gasteiger partial charge is 0.341 e. The van der Waals surface area contributed by atoms with Crippen molar-refractivity contribution in [1.82, 2.24) is 9.97 Å². The van der Waals surface area contributed by atoms with Crippen LogP contribution in [0.25, 0.3) is 11.0 Å². The van der Waals surface area contributed by atoms with Crippen LogP contribution in [0.5, 0.6) is 0 Å². The number of non-ortho nitro benzene ring substituents is 1. The molecule has 0 radical (unpaired) electrons. The Kier molecular flexibility index (Phi) is 10.2. The first-order valence-electron chi connectivity index (χ1n) is 11.7. The van der Waals surface area contributed by atoms with E-state index < -0.39 is 4.92 Å². The summed E-state index contributed by atoms with van der Waals surface area (Å²) in [6, 6.07) is 14.2. The number of benzene rings is 2. The lowest BCUT2D eigenvalue weighted by Crippen LogP contribution is -2.11. The van der Waals surface area contributed by atoms with E-state index in [0.717, 1.165) is 47.6 Å². The first kappa shape index (κ1) is 24.8. The molecule has 33 heavy (non-hydrogen) atoms. The molecule has 0 fully saturated rings. The Morgan fingerprint density at radius 1 is 0.970 bits per heavy atom. The second-order valence-corrected chi connectivity index (χ2v) is 9.29. The average Bonchev–Trinajstić information content (AvgIpc) is 3.23. The van der Waals surface area contributed by atoms with Gasteiger partial charge in [-0.25, -0.2) is 4.98 Å². The van der Waals surface area contributed by atoms with Gasteiger partial charge in [-0.1, -0.05) is 56.7 Å². The summed E-state index contributed by atoms with van der Waals surface area (Å²) >= 11 is 1.94. The molecule has 176 valence electrons. The molecule has 0 aliphatic heterocycles. The van der Waals surface area contributed by atoms with E-state index in [1.165, 1.54) is 44.2 Å². The molecule has 0 spiro atoms. The van der Waals surface area contributed by atoms with Crippen LogP contribution in [-0.2, 0) is 10.5 Å². The number of amides is 1. The molecule has 0 saturated heterocycles. The number of anilines is 1. The van der Waals surface area contributed by atoms with Gasteiger partial charge in [0.1, 0.15) is 5.82 Å². The van der Waals surface area contributed by atoms with E-state index in [2.05, 4.69) is 21.4 Å². The maximum absolute atomic E-state index is 12.0. The van der Waals surface area contributed by atoms with Gasteiger partial charge in [0.05, 0.1) is 21.7 Å². The van der Waals surface area contributed by atoms with E-state index in [1.54, 1.807) is 12.1 Å². The fourth-order valence-corrected chi connectivity index (χ4v) is 4.60. The van der Waals surface area contributed by atoms with Gasteiger partial charge in [-0.05, 0) is 36.8 Å². The number of nitrogens with one attached hydrogen (secondary N) is 2. The number of thioether (sulfide) groups is 1. The van der Waals surface area contributed by atoms with Gasteiger partial charge in [-0.15, -0.1) is 0 Å². The van der Waals surface area contributed by atoms with Crippen molar-refractivity contribution >= 4 is 40.1 Å². The molecule has 0 bridgehead atoms. The van der Waals surface area contributed by atoms with Crippen LogP contribution in [0.3, 0.4) is 0 Å². The smallest absolute Gasteiger partial charge is 0.271 e. The van der Waals surface area contributed by atoms with E-state index in [-0.39, 0.29) is 11.6 Å². The molecule has 3 aromatic rings. The number of nitrogens with zero attached hydrogens (tertiary/aromatic N) is 2. The average molecular weight is 469 g/mol. The molecule has 1 aromatic heterocycles. The van der Waals surface area contributed by atoms with Crippen LogP contribution in [0.2, 0.25) is 0 Å². The van der Waals surface area contributed by atoms with Crippen molar-refractivity contribution in [2.45, 2.75) is 63.5 Å². The summed E-state index contributed by atoms with van der Waals surface area (Å²) in [5.74, 6) is 3.07. The van der Waals surface area contributed by atoms with Crippen molar-refractivity contribution in [2.24, 2.45) is 0 Å². The first-order chi connectivity index (χ1) is 16.1. The molecular weight excluding hydrogens is 436 g/mol. The van der Waals surface area contributed by atoms with Gasteiger partial charge in [-0.3, -0.25) is 14.9 Å². The highest BCUT2D eigenvalue weighted by Gasteiger charge is 2.08. The molecule has 1 heterocycles. The van der Waals surface area contributed by atoms with Gasteiger partial charge in [0, 0.05) is 24.2 Å². The quantitative estimate of drug-likeness (QED) is 0.144. The van der Waals surface area contributed by atoms with Crippen LogP contribution in [0.1, 0.15) is 63.6 Å². The number of aromatic nitrogens is 2. The van der Waals surface area contributed by atoms with E-state index in [0.29, 0.717) is 12.1 Å². The third-order valence-electron chi connectivity index (χ3n) is 5.46. The van der Waals surface area contributed by atoms with Gasteiger partial charge < -0.3 is 10.3 Å². The lowest BCUT2D eigenvalue weighted by molar-refractivity contribution is -0.384. The number of hydrogen-bond acceptors (Lipinski definition) is 5. The number of H-pyrrole nitrogens is 1. The molecule has 2 aromatic carbocycles. The third kappa shape index (κ3) is 8.88. The minimum Gasteiger partial charge on any atom is -0.341 e. The minimum atomic E-state index is -0.461. The summed E-state index contributed by atoms with van der Waals surface area (Å²) in [6.45, 7) is 0. The Morgan fingerprint density at radius 2 is 1.70 bits per heavy atom. The van der Waals surface area contributed by atoms with Crippen molar-refractivity contribution < 1.29 is 9.72 Å². The maximum Gasteiger partial charge on any atom is 0.271 e. The predicted molar refractivity (Wildman–Crippen MR) is 136 cm³/mol. The number of nitro groups is 1. The number of carbonyl (C=O) groups excluding carboxylic acids is 1. The molecule has 8 heteroatoms. The molecule has 0 atom stereocenters. The van der Waals surface area contributed by atoms with E-state index >= 15 is 0 Å². The molecule has 2 N–H and O–H groups in total. The summed E-state index contributed by atoms with van der Waals surface area (Å²) in [5.41, 5.74) is 2.61. The number of fused-ring (bicyclic) bond motifs is 1. The Balaban J connectivity index is 1.13. The van der Waals surface area contributed by atoms with Gasteiger partial charge in [-0.2, -0.15) is 11.8 Å². The first-order valence-corrected chi connectivity index (χ1v) is 12.8. The second kappa shape index (κ2) is 13.6. The lowest BCUT2D eigenvalue weighted by atomic mass is 10.1. The summed E-state index contributed by atoms with van der Waals surface area (Å²) < 4.78 is 0. The topological polar surface area (TPSA) is 101 Å². The van der Waals surface area contributed by atoms with Crippen molar-refractivity contribution in [3.05, 3.63) is 64.5 Å². The standard InChI is InChI=1S/C25H32N4O3S/c30-25(26-20-12-11-13-21(18-20)29(31)32)16-7-5-3-1-2-4-6-10-17-33-19-24-27-22-14-8-9-15-23(22)28-24/h8-9,11-15,18H,1-7,10,16-17,19H2,(H,26,30)(H,27,28). The predicted octanol–water partition coefficient (Wildman–Crippen LogP) is 6.85. The van der Waals surface area contributed by atoms with E-state index in [4.69, 9.17) is 0 Å². The summed E-state index contributed by atoms with van der Waals surface area (Å²) in [4.78, 5) is 30.3. The monoisotopic (exact) mass is 468 g/mol. The van der Waals surface area contributed by atoms with Crippen molar-refractivity contribution in [3.63, 3.8) is 0 Å². The zero-order valence-electron chi connectivity index (χ0n) is 18.9. The molecule has 0 unspecified atom stereocenters. The fraction of sp³-hybridized carbons (Fsp3) is 0.440. The number of aromatic amines is 1. The second-order valence-electron chi connectivity index (χ2n) is 8.19. The molecular formula is C25H32N4O3S. The molecule has 0 aliphatic rings. The summed E-state index contributed by atoms with van der Waals surface area (Å²) in [7, 11) is 0. The van der Waals surface area contributed by atoms with E-state index in [1.807, 2.05) is 30.0 Å². The van der Waals surface area contributed by atoms with Crippen LogP contribution < -0.4 is 5.32 Å².